The molecule has 1 aliphatic rings. The van der Waals surface area contributed by atoms with Gasteiger partial charge in [0, 0.05) is 25.7 Å². The summed E-state index contributed by atoms with van der Waals surface area (Å²) in [6, 6.07) is 0.551. The first-order valence-electron chi connectivity index (χ1n) is 8.85. The van der Waals surface area contributed by atoms with Gasteiger partial charge in [0.1, 0.15) is 0 Å². The number of hydrogen-bond donors (Lipinski definition) is 1. The van der Waals surface area contributed by atoms with Gasteiger partial charge in [-0.25, -0.2) is 4.79 Å². The van der Waals surface area contributed by atoms with Crippen LogP contribution in [-0.2, 0) is 9.53 Å². The fraction of sp³-hybridized carbons (Fsp3) is 0.882. The number of nitrogens with zero attached hydrogens (tertiary/aromatic N) is 2. The lowest BCUT2D eigenvalue weighted by Gasteiger charge is -2.31. The number of hydrogen-bond acceptors (Lipinski definition) is 4. The average molecular weight is 327 g/mol. The predicted octanol–water partition coefficient (Wildman–Crippen LogP) is 2.09. The fourth-order valence-electron chi connectivity index (χ4n) is 2.63. The first-order chi connectivity index (χ1) is 11.0. The topological polar surface area (TPSA) is 61.9 Å². The van der Waals surface area contributed by atoms with Crippen LogP contribution in [0.25, 0.3) is 0 Å². The molecule has 1 rings (SSSR count). The molecule has 0 aromatic carbocycles. The molecule has 6 nitrogen and oxygen atoms in total. The quantitative estimate of drug-likeness (QED) is 0.548. The molecule has 0 atom stereocenters. The van der Waals surface area contributed by atoms with E-state index in [-0.39, 0.29) is 17.9 Å². The van der Waals surface area contributed by atoms with Crippen LogP contribution in [-0.4, -0.2) is 67.7 Å². The summed E-state index contributed by atoms with van der Waals surface area (Å²) in [5.74, 6) is -0.174. The van der Waals surface area contributed by atoms with Gasteiger partial charge in [-0.05, 0) is 60.0 Å². The Morgan fingerprint density at radius 1 is 1.26 bits per heavy atom. The average Bonchev–Trinajstić information content (AvgIpc) is 2.54. The van der Waals surface area contributed by atoms with Gasteiger partial charge >= 0.3 is 12.0 Å². The van der Waals surface area contributed by atoms with Gasteiger partial charge in [0.2, 0.25) is 0 Å². The van der Waals surface area contributed by atoms with Crippen molar-refractivity contribution in [2.45, 2.75) is 52.5 Å². The second kappa shape index (κ2) is 10.5. The highest BCUT2D eigenvalue weighted by molar-refractivity contribution is 5.76. The molecule has 0 radical (unpaired) electrons. The van der Waals surface area contributed by atoms with Crippen LogP contribution in [0.5, 0.6) is 0 Å². The first-order valence-corrected chi connectivity index (χ1v) is 8.85. The maximum atomic E-state index is 12.1. The number of ether oxygens (including phenoxy) is 1. The van der Waals surface area contributed by atoms with E-state index in [0.29, 0.717) is 45.1 Å². The molecule has 2 amide bonds. The summed E-state index contributed by atoms with van der Waals surface area (Å²) in [4.78, 5) is 27.9. The van der Waals surface area contributed by atoms with E-state index >= 15 is 0 Å². The van der Waals surface area contributed by atoms with E-state index in [2.05, 4.69) is 31.1 Å². The lowest BCUT2D eigenvalue weighted by molar-refractivity contribution is -0.149. The van der Waals surface area contributed by atoms with E-state index in [1.54, 1.807) is 4.90 Å². The van der Waals surface area contributed by atoms with E-state index in [1.807, 2.05) is 6.92 Å². The van der Waals surface area contributed by atoms with E-state index in [9.17, 15) is 9.59 Å². The maximum absolute atomic E-state index is 12.1. The summed E-state index contributed by atoms with van der Waals surface area (Å²) < 4.78 is 5.04. The molecule has 1 fully saturated rings. The molecule has 1 saturated heterocycles. The Balaban J connectivity index is 2.14. The molecule has 0 aromatic rings. The van der Waals surface area contributed by atoms with E-state index in [0.717, 1.165) is 19.4 Å². The molecule has 1 heterocycles. The van der Waals surface area contributed by atoms with Crippen LogP contribution in [0, 0.1) is 5.92 Å². The number of nitrogens with one attached hydrogen (secondary N) is 1. The number of carbonyl (C=O) groups excluding carboxylic acids is 2. The lowest BCUT2D eigenvalue weighted by Crippen LogP contribution is -2.46. The van der Waals surface area contributed by atoms with Crippen LogP contribution in [0.15, 0.2) is 0 Å². The molecule has 0 aliphatic carbocycles. The number of likely N-dealkylation sites (tertiary alicyclic amines) is 1. The first kappa shape index (κ1) is 19.7. The van der Waals surface area contributed by atoms with Crippen LogP contribution in [0.2, 0.25) is 0 Å². The molecule has 1 aliphatic heterocycles. The molecule has 0 spiro atoms. The maximum Gasteiger partial charge on any atom is 0.317 e. The summed E-state index contributed by atoms with van der Waals surface area (Å²) in [5.41, 5.74) is 0. The van der Waals surface area contributed by atoms with Crippen molar-refractivity contribution in [3.63, 3.8) is 0 Å². The Labute approximate surface area is 140 Å². The smallest absolute Gasteiger partial charge is 0.317 e. The third-order valence-electron chi connectivity index (χ3n) is 4.50. The van der Waals surface area contributed by atoms with Crippen LogP contribution in [0.3, 0.4) is 0 Å². The van der Waals surface area contributed by atoms with E-state index in [1.165, 1.54) is 0 Å². The van der Waals surface area contributed by atoms with Gasteiger partial charge in [0.25, 0.3) is 0 Å². The van der Waals surface area contributed by atoms with Crippen LogP contribution in [0.4, 0.5) is 4.79 Å². The Morgan fingerprint density at radius 3 is 2.48 bits per heavy atom. The molecule has 0 unspecified atom stereocenters. The van der Waals surface area contributed by atoms with Crippen molar-refractivity contribution < 1.29 is 14.3 Å². The van der Waals surface area contributed by atoms with Crippen molar-refractivity contribution in [3.8, 4) is 0 Å². The standard InChI is InChI=1S/C17H33N3O3/c1-5-23-16(21)15-8-12-20(13-9-15)17(22)18-10-6-7-11-19(4)14(2)3/h14-15H,5-13H2,1-4H3,(H,18,22). The zero-order valence-electron chi connectivity index (χ0n) is 15.1. The van der Waals surface area contributed by atoms with Crippen LogP contribution in [0.1, 0.15) is 46.5 Å². The Bertz CT molecular complexity index is 366. The third-order valence-corrected chi connectivity index (χ3v) is 4.50. The third kappa shape index (κ3) is 7.20. The van der Waals surface area contributed by atoms with E-state index < -0.39 is 0 Å². The summed E-state index contributed by atoms with van der Waals surface area (Å²) in [6.45, 7) is 9.63. The molecule has 0 saturated carbocycles. The van der Waals surface area contributed by atoms with Gasteiger partial charge in [0.15, 0.2) is 0 Å². The molecule has 134 valence electrons. The van der Waals surface area contributed by atoms with Gasteiger partial charge in [0.05, 0.1) is 12.5 Å². The Morgan fingerprint density at radius 2 is 1.91 bits per heavy atom. The molecule has 1 N–H and O–H groups in total. The minimum Gasteiger partial charge on any atom is -0.466 e. The van der Waals surface area contributed by atoms with Crippen molar-refractivity contribution >= 4 is 12.0 Å². The van der Waals surface area contributed by atoms with Crippen molar-refractivity contribution in [1.29, 1.82) is 0 Å². The fourth-order valence-corrected chi connectivity index (χ4v) is 2.63. The second-order valence-corrected chi connectivity index (χ2v) is 6.53. The molecule has 23 heavy (non-hydrogen) atoms. The molecular formula is C17H33N3O3. The number of esters is 1. The minimum atomic E-state index is -0.123. The largest absolute Gasteiger partial charge is 0.466 e. The summed E-state index contributed by atoms with van der Waals surface area (Å²) in [6.07, 6.45) is 3.47. The zero-order chi connectivity index (χ0) is 17.2. The number of amides is 2. The Hall–Kier alpha value is -1.30. The van der Waals surface area contributed by atoms with Gasteiger partial charge in [-0.2, -0.15) is 0 Å². The molecular weight excluding hydrogens is 294 g/mol. The normalized spacial score (nSPS) is 16.0. The van der Waals surface area contributed by atoms with Gasteiger partial charge in [-0.3, -0.25) is 4.79 Å². The zero-order valence-corrected chi connectivity index (χ0v) is 15.1. The number of urea groups is 1. The van der Waals surface area contributed by atoms with Gasteiger partial charge < -0.3 is 19.9 Å². The molecule has 0 bridgehead atoms. The number of rotatable bonds is 8. The van der Waals surface area contributed by atoms with Gasteiger partial charge in [-0.1, -0.05) is 0 Å². The van der Waals surface area contributed by atoms with Crippen molar-refractivity contribution in [2.75, 3.05) is 39.8 Å². The predicted molar refractivity (Wildman–Crippen MR) is 91.3 cm³/mol. The van der Waals surface area contributed by atoms with Crippen LogP contribution < -0.4 is 5.32 Å². The number of piperidine rings is 1. The minimum absolute atomic E-state index is 0.00970. The number of unbranched alkanes of at least 4 members (excludes halogenated alkanes) is 1. The van der Waals surface area contributed by atoms with Crippen molar-refractivity contribution in [1.82, 2.24) is 15.1 Å². The lowest BCUT2D eigenvalue weighted by atomic mass is 9.97. The highest BCUT2D eigenvalue weighted by Crippen LogP contribution is 2.18. The second-order valence-electron chi connectivity index (χ2n) is 6.53. The summed E-state index contributed by atoms with van der Waals surface area (Å²) in [7, 11) is 2.12. The number of carbonyl (C=O) groups is 2. The summed E-state index contributed by atoms with van der Waals surface area (Å²) >= 11 is 0. The van der Waals surface area contributed by atoms with Gasteiger partial charge in [-0.15, -0.1) is 0 Å². The Kier molecular flexibility index (Phi) is 8.99. The van der Waals surface area contributed by atoms with E-state index in [4.69, 9.17) is 4.74 Å². The highest BCUT2D eigenvalue weighted by Gasteiger charge is 2.27. The van der Waals surface area contributed by atoms with Crippen LogP contribution >= 0.6 is 0 Å². The SMILES string of the molecule is CCOC(=O)C1CCN(C(=O)NCCCCN(C)C(C)C)CC1. The molecule has 0 aromatic heterocycles. The monoisotopic (exact) mass is 327 g/mol. The van der Waals surface area contributed by atoms with Crippen molar-refractivity contribution in [2.24, 2.45) is 5.92 Å². The molecule has 6 heteroatoms. The highest BCUT2D eigenvalue weighted by atomic mass is 16.5. The summed E-state index contributed by atoms with van der Waals surface area (Å²) in [5, 5.41) is 2.98. The van der Waals surface area contributed by atoms with Crippen molar-refractivity contribution in [3.05, 3.63) is 0 Å².